The summed E-state index contributed by atoms with van der Waals surface area (Å²) in [7, 11) is 0. The second-order valence-electron chi connectivity index (χ2n) is 13.3. The molecule has 3 aliphatic rings. The average molecular weight is 584 g/mol. The molecule has 2 aliphatic heterocycles. The number of hydrogen-bond acceptors (Lipinski definition) is 4. The summed E-state index contributed by atoms with van der Waals surface area (Å²) in [4.78, 5) is 5.29. The highest BCUT2D eigenvalue weighted by atomic mass is 35.5. The number of nitrogens with zero attached hydrogens (tertiary/aromatic N) is 2. The van der Waals surface area contributed by atoms with E-state index in [0.29, 0.717) is 29.3 Å². The number of halogens is 1. The van der Waals surface area contributed by atoms with Gasteiger partial charge in [0.25, 0.3) is 0 Å². The van der Waals surface area contributed by atoms with E-state index in [4.69, 9.17) is 16.3 Å². The molecule has 8 nitrogen and oxygen atoms in total. The molecule has 2 heterocycles. The first-order valence-electron chi connectivity index (χ1n) is 14.1. The molecule has 0 bridgehead atoms. The maximum absolute atomic E-state index is 6.32. The Morgan fingerprint density at radius 1 is 1.00 bits per heavy atom. The van der Waals surface area contributed by atoms with Crippen LogP contribution in [0.25, 0.3) is 0 Å². The Labute approximate surface area is 245 Å². The van der Waals surface area contributed by atoms with E-state index >= 15 is 0 Å². The van der Waals surface area contributed by atoms with Gasteiger partial charge in [-0.3, -0.25) is 4.90 Å². The van der Waals surface area contributed by atoms with E-state index in [0.717, 1.165) is 25.6 Å². The standard InChI is InChI=1S/C29H54ClN3O.CH4.4H2O/c1-22(2)27(31-16-14-25-9-8-17-33(25)21-34-28(3,4)5)19-32-18-15-26(29(6,7)20-32)23-10-12-24(30)13-11-23;;;;;/h10,12,22-27,31H,8-9,11,13-21H2,1-7H3;1H4;4*1H2/t23?,24?,25-,26?,27-;;;;;/m0...../s1. The van der Waals surface area contributed by atoms with Crippen LogP contribution in [0, 0.1) is 23.2 Å². The maximum atomic E-state index is 6.32. The number of hydrogen-bond donors (Lipinski definition) is 1. The normalized spacial score (nSPS) is 27.8. The van der Waals surface area contributed by atoms with E-state index in [1.165, 1.54) is 58.3 Å². The van der Waals surface area contributed by atoms with Crippen molar-refractivity contribution in [3.05, 3.63) is 12.2 Å². The monoisotopic (exact) mass is 583 g/mol. The van der Waals surface area contributed by atoms with Gasteiger partial charge in [0, 0.05) is 31.7 Å². The number of ether oxygens (including phenoxy) is 1. The number of allylic oxidation sites excluding steroid dienone is 2. The molecule has 0 aromatic carbocycles. The Morgan fingerprint density at radius 3 is 2.21 bits per heavy atom. The molecule has 39 heavy (non-hydrogen) atoms. The van der Waals surface area contributed by atoms with E-state index < -0.39 is 0 Å². The van der Waals surface area contributed by atoms with Crippen molar-refractivity contribution in [2.75, 3.05) is 39.5 Å². The van der Waals surface area contributed by atoms with Crippen molar-refractivity contribution in [1.29, 1.82) is 0 Å². The molecule has 0 spiro atoms. The van der Waals surface area contributed by atoms with Crippen LogP contribution >= 0.6 is 11.6 Å². The van der Waals surface area contributed by atoms with Crippen LogP contribution in [-0.4, -0.2) is 94.2 Å². The summed E-state index contributed by atoms with van der Waals surface area (Å²) in [6.45, 7) is 22.9. The van der Waals surface area contributed by atoms with Gasteiger partial charge in [0.1, 0.15) is 0 Å². The van der Waals surface area contributed by atoms with Crippen LogP contribution in [0.15, 0.2) is 12.2 Å². The van der Waals surface area contributed by atoms with Gasteiger partial charge in [0.05, 0.1) is 17.7 Å². The highest BCUT2D eigenvalue weighted by Crippen LogP contribution is 2.43. The Kier molecular flexibility index (Phi) is 21.0. The number of rotatable bonds is 10. The summed E-state index contributed by atoms with van der Waals surface area (Å²) in [5, 5.41) is 4.21. The van der Waals surface area contributed by atoms with Crippen LogP contribution in [0.5, 0.6) is 0 Å². The highest BCUT2D eigenvalue weighted by Gasteiger charge is 2.40. The molecule has 0 amide bonds. The van der Waals surface area contributed by atoms with Crippen LogP contribution in [0.3, 0.4) is 0 Å². The molecule has 2 saturated heterocycles. The Bertz CT molecular complexity index is 659. The van der Waals surface area contributed by atoms with Crippen molar-refractivity contribution in [3.63, 3.8) is 0 Å². The fourth-order valence-corrected chi connectivity index (χ4v) is 6.68. The first kappa shape index (κ1) is 43.2. The second-order valence-corrected chi connectivity index (χ2v) is 13.9. The van der Waals surface area contributed by atoms with E-state index in [1.807, 2.05) is 0 Å². The number of alkyl halides is 1. The third-order valence-electron chi connectivity index (χ3n) is 8.56. The summed E-state index contributed by atoms with van der Waals surface area (Å²) in [6.07, 6.45) is 12.2. The highest BCUT2D eigenvalue weighted by molar-refractivity contribution is 6.21. The quantitative estimate of drug-likeness (QED) is 0.309. The number of likely N-dealkylation sites (tertiary alicyclic amines) is 2. The van der Waals surface area contributed by atoms with Gasteiger partial charge >= 0.3 is 0 Å². The van der Waals surface area contributed by atoms with Gasteiger partial charge in [0.2, 0.25) is 0 Å². The predicted octanol–water partition coefficient (Wildman–Crippen LogP) is 3.49. The lowest BCUT2D eigenvalue weighted by molar-refractivity contribution is -0.0677. The lowest BCUT2D eigenvalue weighted by atomic mass is 9.65. The molecule has 3 rings (SSSR count). The maximum Gasteiger partial charge on any atom is 0.0999 e. The van der Waals surface area contributed by atoms with Gasteiger partial charge in [-0.2, -0.15) is 0 Å². The van der Waals surface area contributed by atoms with Crippen LogP contribution in [0.1, 0.15) is 94.4 Å². The zero-order valence-corrected chi connectivity index (χ0v) is 26.0. The molecular weight excluding hydrogens is 518 g/mol. The summed E-state index contributed by atoms with van der Waals surface area (Å²) in [6, 6.07) is 1.22. The molecule has 238 valence electrons. The van der Waals surface area contributed by atoms with E-state index in [2.05, 4.69) is 75.7 Å². The van der Waals surface area contributed by atoms with Gasteiger partial charge in [0.15, 0.2) is 0 Å². The first-order valence-corrected chi connectivity index (χ1v) is 14.5. The SMILES string of the molecule is C.CC(C)[C@H](CN1CCC(C2C=CC(Cl)CC2)C(C)(C)C1)NCC[C@@H]1CCCN1COC(C)(C)C.O.O.O.O. The first-order chi connectivity index (χ1) is 15.9. The van der Waals surface area contributed by atoms with Gasteiger partial charge in [-0.25, -0.2) is 0 Å². The largest absolute Gasteiger partial charge is 0.412 e. The van der Waals surface area contributed by atoms with Gasteiger partial charge in [-0.1, -0.05) is 47.3 Å². The van der Waals surface area contributed by atoms with Crippen LogP contribution in [-0.2, 0) is 4.74 Å². The zero-order chi connectivity index (χ0) is 24.9. The summed E-state index contributed by atoms with van der Waals surface area (Å²) in [5.41, 5.74) is 0.292. The third kappa shape index (κ3) is 13.5. The zero-order valence-electron chi connectivity index (χ0n) is 25.3. The summed E-state index contributed by atoms with van der Waals surface area (Å²) < 4.78 is 6.07. The van der Waals surface area contributed by atoms with Crippen LogP contribution in [0.4, 0.5) is 0 Å². The van der Waals surface area contributed by atoms with Crippen molar-refractivity contribution >= 4 is 11.6 Å². The van der Waals surface area contributed by atoms with Crippen molar-refractivity contribution in [2.24, 2.45) is 23.2 Å². The molecular formula is C30H66ClN3O5. The smallest absolute Gasteiger partial charge is 0.0999 e. The fraction of sp³-hybridized carbons (Fsp3) is 0.933. The Morgan fingerprint density at radius 2 is 1.67 bits per heavy atom. The second kappa shape index (κ2) is 19.0. The van der Waals surface area contributed by atoms with Crippen molar-refractivity contribution in [2.45, 2.75) is 117 Å². The topological polar surface area (TPSA) is 154 Å². The number of piperidine rings is 1. The van der Waals surface area contributed by atoms with Crippen LogP contribution < -0.4 is 5.32 Å². The van der Waals surface area contributed by atoms with Gasteiger partial charge in [-0.15, -0.1) is 11.6 Å². The molecule has 2 fully saturated rings. The Balaban J connectivity index is -0.00000259. The molecule has 9 heteroatoms. The van der Waals surface area contributed by atoms with E-state index in [9.17, 15) is 0 Å². The van der Waals surface area contributed by atoms with Gasteiger partial charge < -0.3 is 36.9 Å². The van der Waals surface area contributed by atoms with Crippen molar-refractivity contribution < 1.29 is 26.6 Å². The minimum Gasteiger partial charge on any atom is -0.412 e. The van der Waals surface area contributed by atoms with Crippen molar-refractivity contribution in [1.82, 2.24) is 15.1 Å². The minimum atomic E-state index is -0.0604. The summed E-state index contributed by atoms with van der Waals surface area (Å²) in [5.74, 6) is 2.13. The average Bonchev–Trinajstić information content (AvgIpc) is 3.19. The molecule has 9 N–H and O–H groups in total. The minimum absolute atomic E-state index is 0. The lowest BCUT2D eigenvalue weighted by Gasteiger charge is -2.48. The third-order valence-corrected chi connectivity index (χ3v) is 8.92. The predicted molar refractivity (Wildman–Crippen MR) is 168 cm³/mol. The van der Waals surface area contributed by atoms with E-state index in [-0.39, 0.29) is 40.3 Å². The molecule has 0 aromatic heterocycles. The molecule has 1 aliphatic carbocycles. The van der Waals surface area contributed by atoms with Gasteiger partial charge in [-0.05, 0) is 95.6 Å². The van der Waals surface area contributed by atoms with E-state index in [1.54, 1.807) is 0 Å². The molecule has 0 saturated carbocycles. The number of nitrogens with one attached hydrogen (secondary N) is 1. The summed E-state index contributed by atoms with van der Waals surface area (Å²) >= 11 is 6.32. The lowest BCUT2D eigenvalue weighted by Crippen LogP contribution is -2.53. The Hall–Kier alpha value is -0.290. The molecule has 3 unspecified atom stereocenters. The molecule has 5 atom stereocenters. The fourth-order valence-electron chi connectivity index (χ4n) is 6.47. The van der Waals surface area contributed by atoms with Crippen molar-refractivity contribution in [3.8, 4) is 0 Å². The molecule has 0 aromatic rings. The van der Waals surface area contributed by atoms with Crippen LogP contribution in [0.2, 0.25) is 0 Å². The molecule has 0 radical (unpaired) electrons.